The first kappa shape index (κ1) is 24.8. The smallest absolute Gasteiger partial charge is 0.282 e. The number of unbranched alkanes of at least 4 members (excludes halogenated alkanes) is 6. The van der Waals surface area contributed by atoms with E-state index in [4.69, 9.17) is 23.7 Å². The molecule has 1 aliphatic rings. The van der Waals surface area contributed by atoms with Gasteiger partial charge in [-0.25, -0.2) is 0 Å². The van der Waals surface area contributed by atoms with Gasteiger partial charge >= 0.3 is 0 Å². The number of ether oxygens (including phenoxy) is 5. The maximum Gasteiger partial charge on any atom is 0.282 e. The molecule has 5 heteroatoms. The zero-order chi connectivity index (χ0) is 20.0. The standard InChI is InChI=1S/C22H44O5/c1-6-17-26-20(21-19(7-2)18-27-21)15-13-11-9-8-10-12-14-16-22(23-3,24-4)25-5/h19-21H,6-18H2,1-5H3. The zero-order valence-corrected chi connectivity index (χ0v) is 18.5. The average Bonchev–Trinajstić information content (AvgIpc) is 2.67. The number of rotatable bonds is 18. The van der Waals surface area contributed by atoms with Crippen LogP contribution >= 0.6 is 0 Å². The summed E-state index contributed by atoms with van der Waals surface area (Å²) in [5.41, 5.74) is 0. The lowest BCUT2D eigenvalue weighted by Gasteiger charge is -2.41. The third-order valence-corrected chi connectivity index (χ3v) is 5.80. The first-order valence-electron chi connectivity index (χ1n) is 11.0. The van der Waals surface area contributed by atoms with Crippen LogP contribution in [0, 0.1) is 5.92 Å². The van der Waals surface area contributed by atoms with Gasteiger partial charge < -0.3 is 23.7 Å². The molecule has 0 aliphatic carbocycles. The van der Waals surface area contributed by atoms with Gasteiger partial charge in [-0.15, -0.1) is 0 Å². The Labute approximate surface area is 167 Å². The van der Waals surface area contributed by atoms with Crippen molar-refractivity contribution in [3.05, 3.63) is 0 Å². The molecular weight excluding hydrogens is 344 g/mol. The van der Waals surface area contributed by atoms with E-state index in [-0.39, 0.29) is 0 Å². The molecule has 0 saturated carbocycles. The van der Waals surface area contributed by atoms with E-state index in [0.717, 1.165) is 38.9 Å². The fourth-order valence-electron chi connectivity index (χ4n) is 3.84. The summed E-state index contributed by atoms with van der Waals surface area (Å²) in [4.78, 5) is 0. The first-order chi connectivity index (χ1) is 13.2. The second-order valence-electron chi connectivity index (χ2n) is 7.68. The number of methoxy groups -OCH3 is 3. The first-order valence-corrected chi connectivity index (χ1v) is 11.0. The summed E-state index contributed by atoms with van der Waals surface area (Å²) in [5, 5.41) is 0. The van der Waals surface area contributed by atoms with Gasteiger partial charge in [0.2, 0.25) is 0 Å². The highest BCUT2D eigenvalue weighted by Crippen LogP contribution is 2.30. The van der Waals surface area contributed by atoms with Crippen molar-refractivity contribution < 1.29 is 23.7 Å². The SMILES string of the molecule is CCCOC(CCCCCCCCCC(OC)(OC)OC)C1OCC1CC. The second kappa shape index (κ2) is 14.7. The molecule has 1 rings (SSSR count). The van der Waals surface area contributed by atoms with Gasteiger partial charge in [-0.2, -0.15) is 0 Å². The highest BCUT2D eigenvalue weighted by molar-refractivity contribution is 4.85. The van der Waals surface area contributed by atoms with Crippen LogP contribution in [0.15, 0.2) is 0 Å². The topological polar surface area (TPSA) is 46.2 Å². The number of hydrogen-bond donors (Lipinski definition) is 0. The van der Waals surface area contributed by atoms with E-state index < -0.39 is 5.97 Å². The highest BCUT2D eigenvalue weighted by Gasteiger charge is 2.37. The molecule has 0 aromatic rings. The van der Waals surface area contributed by atoms with Gasteiger partial charge in [-0.1, -0.05) is 52.4 Å². The normalized spacial score (nSPS) is 21.2. The van der Waals surface area contributed by atoms with Crippen LogP contribution in [0.1, 0.15) is 84.5 Å². The molecule has 1 heterocycles. The van der Waals surface area contributed by atoms with Gasteiger partial charge in [0, 0.05) is 40.3 Å². The molecule has 0 spiro atoms. The van der Waals surface area contributed by atoms with Crippen molar-refractivity contribution >= 4 is 0 Å². The van der Waals surface area contributed by atoms with Crippen LogP contribution < -0.4 is 0 Å². The molecule has 3 atom stereocenters. The van der Waals surface area contributed by atoms with Gasteiger partial charge in [-0.3, -0.25) is 0 Å². The van der Waals surface area contributed by atoms with Gasteiger partial charge in [0.15, 0.2) is 0 Å². The van der Waals surface area contributed by atoms with E-state index in [9.17, 15) is 0 Å². The Kier molecular flexibility index (Phi) is 13.6. The molecule has 0 N–H and O–H groups in total. The Morgan fingerprint density at radius 2 is 1.48 bits per heavy atom. The average molecular weight is 389 g/mol. The minimum atomic E-state index is -0.868. The lowest BCUT2D eigenvalue weighted by Crippen LogP contribution is -2.48. The Morgan fingerprint density at radius 1 is 0.889 bits per heavy atom. The predicted molar refractivity (Wildman–Crippen MR) is 109 cm³/mol. The summed E-state index contributed by atoms with van der Waals surface area (Å²) >= 11 is 0. The van der Waals surface area contributed by atoms with Crippen molar-refractivity contribution in [2.24, 2.45) is 5.92 Å². The van der Waals surface area contributed by atoms with Crippen LogP contribution in [0.2, 0.25) is 0 Å². The van der Waals surface area contributed by atoms with Crippen molar-refractivity contribution in [1.82, 2.24) is 0 Å². The minimum Gasteiger partial charge on any atom is -0.376 e. The van der Waals surface area contributed by atoms with Crippen molar-refractivity contribution in [2.75, 3.05) is 34.5 Å². The molecule has 3 unspecified atom stereocenters. The third kappa shape index (κ3) is 8.78. The summed E-state index contributed by atoms with van der Waals surface area (Å²) in [5.74, 6) is -0.168. The molecular formula is C22H44O5. The molecule has 1 saturated heterocycles. The zero-order valence-electron chi connectivity index (χ0n) is 18.5. The quantitative estimate of drug-likeness (QED) is 0.235. The van der Waals surface area contributed by atoms with E-state index in [1.54, 1.807) is 21.3 Å². The summed E-state index contributed by atoms with van der Waals surface area (Å²) < 4.78 is 27.9. The molecule has 5 nitrogen and oxygen atoms in total. The maximum atomic E-state index is 6.09. The molecule has 0 amide bonds. The van der Waals surface area contributed by atoms with Crippen LogP contribution in [0.4, 0.5) is 0 Å². The van der Waals surface area contributed by atoms with Crippen molar-refractivity contribution in [1.29, 1.82) is 0 Å². The van der Waals surface area contributed by atoms with Gasteiger partial charge in [0.1, 0.15) is 0 Å². The summed E-state index contributed by atoms with van der Waals surface area (Å²) in [6.07, 6.45) is 13.4. The summed E-state index contributed by atoms with van der Waals surface area (Å²) in [6.45, 7) is 6.20. The molecule has 0 bridgehead atoms. The fourth-order valence-corrected chi connectivity index (χ4v) is 3.84. The van der Waals surface area contributed by atoms with E-state index in [2.05, 4.69) is 13.8 Å². The molecule has 1 fully saturated rings. The Morgan fingerprint density at radius 3 is 1.96 bits per heavy atom. The van der Waals surface area contributed by atoms with Crippen LogP contribution in [0.3, 0.4) is 0 Å². The van der Waals surface area contributed by atoms with Gasteiger partial charge in [0.05, 0.1) is 18.8 Å². The lowest BCUT2D eigenvalue weighted by atomic mass is 9.88. The minimum absolute atomic E-state index is 0.300. The van der Waals surface area contributed by atoms with Crippen LogP contribution in [0.5, 0.6) is 0 Å². The second-order valence-corrected chi connectivity index (χ2v) is 7.68. The van der Waals surface area contributed by atoms with E-state index in [1.165, 1.54) is 44.9 Å². The van der Waals surface area contributed by atoms with Crippen LogP contribution in [0.25, 0.3) is 0 Å². The largest absolute Gasteiger partial charge is 0.376 e. The molecule has 0 aromatic heterocycles. The summed E-state index contributed by atoms with van der Waals surface area (Å²) in [7, 11) is 4.88. The molecule has 0 aromatic carbocycles. The van der Waals surface area contributed by atoms with E-state index in [1.807, 2.05) is 0 Å². The van der Waals surface area contributed by atoms with E-state index >= 15 is 0 Å². The molecule has 162 valence electrons. The van der Waals surface area contributed by atoms with Gasteiger partial charge in [-0.05, 0) is 25.7 Å². The maximum absolute atomic E-state index is 6.09. The predicted octanol–water partition coefficient (Wildman–Crippen LogP) is 5.31. The Balaban J connectivity index is 2.07. The van der Waals surface area contributed by atoms with Gasteiger partial charge in [0.25, 0.3) is 5.97 Å². The monoisotopic (exact) mass is 388 g/mol. The molecule has 0 radical (unpaired) electrons. The summed E-state index contributed by atoms with van der Waals surface area (Å²) in [6, 6.07) is 0. The highest BCUT2D eigenvalue weighted by atomic mass is 16.9. The van der Waals surface area contributed by atoms with E-state index in [0.29, 0.717) is 18.1 Å². The van der Waals surface area contributed by atoms with Crippen molar-refractivity contribution in [3.8, 4) is 0 Å². The van der Waals surface area contributed by atoms with Crippen LogP contribution in [-0.4, -0.2) is 52.7 Å². The number of hydrogen-bond acceptors (Lipinski definition) is 5. The fraction of sp³-hybridized carbons (Fsp3) is 1.00. The Hall–Kier alpha value is -0.200. The van der Waals surface area contributed by atoms with Crippen molar-refractivity contribution in [2.45, 2.75) is 103 Å². The van der Waals surface area contributed by atoms with Crippen LogP contribution in [-0.2, 0) is 23.7 Å². The molecule has 27 heavy (non-hydrogen) atoms. The Bertz CT molecular complexity index is 335. The lowest BCUT2D eigenvalue weighted by molar-refractivity contribution is -0.355. The van der Waals surface area contributed by atoms with Crippen molar-refractivity contribution in [3.63, 3.8) is 0 Å². The molecule has 1 aliphatic heterocycles. The third-order valence-electron chi connectivity index (χ3n) is 5.80.